The van der Waals surface area contributed by atoms with Gasteiger partial charge in [-0.05, 0) is 30.5 Å². The normalized spacial score (nSPS) is 10.6. The van der Waals surface area contributed by atoms with Gasteiger partial charge in [0.15, 0.2) is 0 Å². The summed E-state index contributed by atoms with van der Waals surface area (Å²) in [5, 5.41) is 0.628. The maximum absolute atomic E-state index is 8.70. The van der Waals surface area contributed by atoms with Crippen molar-refractivity contribution in [3.05, 3.63) is 28.8 Å². The van der Waals surface area contributed by atoms with Gasteiger partial charge >= 0.3 is 8.25 Å². The van der Waals surface area contributed by atoms with Crippen molar-refractivity contribution in [1.29, 1.82) is 0 Å². The van der Waals surface area contributed by atoms with Crippen LogP contribution in [0.15, 0.2) is 18.2 Å². The summed E-state index contributed by atoms with van der Waals surface area (Å²) in [7, 11) is 0.496. The minimum atomic E-state index is -2.87. The molecule has 5 nitrogen and oxygen atoms in total. The van der Waals surface area contributed by atoms with Crippen LogP contribution in [0.2, 0.25) is 5.02 Å². The maximum atomic E-state index is 8.70. The molecule has 1 aromatic carbocycles. The highest BCUT2D eigenvalue weighted by atomic mass is 35.5. The molecular weight excluding hydrogens is 303 g/mol. The summed E-state index contributed by atoms with van der Waals surface area (Å²) in [4.78, 5) is 14.2. The topological polar surface area (TPSA) is 76.0 Å². The molecule has 20 heavy (non-hydrogen) atoms. The molecule has 1 rings (SSSR count). The fraction of sp³-hybridized carbons (Fsp3) is 0.538. The lowest BCUT2D eigenvalue weighted by molar-refractivity contribution is -0.0218. The molecule has 0 aliphatic heterocycles. The van der Waals surface area contributed by atoms with Crippen LogP contribution >= 0.6 is 19.9 Å². The van der Waals surface area contributed by atoms with E-state index in [1.807, 2.05) is 18.2 Å². The van der Waals surface area contributed by atoms with Crippen LogP contribution in [-0.4, -0.2) is 24.0 Å². The highest BCUT2D eigenvalue weighted by Crippen LogP contribution is 2.36. The van der Waals surface area contributed by atoms with Crippen LogP contribution in [0.4, 0.5) is 0 Å². The molecule has 0 fully saturated rings. The van der Waals surface area contributed by atoms with Crippen LogP contribution in [0.3, 0.4) is 0 Å². The first kappa shape index (κ1) is 19.3. The predicted octanol–water partition coefficient (Wildman–Crippen LogP) is 3.64. The van der Waals surface area contributed by atoms with E-state index < -0.39 is 8.25 Å². The summed E-state index contributed by atoms with van der Waals surface area (Å²) < 4.78 is 19.6. The fourth-order valence-electron chi connectivity index (χ4n) is 2.01. The largest absolute Gasteiger partial charge is 0.692 e. The number of halogens is 1. The van der Waals surface area contributed by atoms with E-state index in [1.165, 1.54) is 0 Å². The average molecular weight is 324 g/mol. The number of rotatable bonds is 5. The lowest BCUT2D eigenvalue weighted by atomic mass is 9.88. The second-order valence-electron chi connectivity index (χ2n) is 4.01. The lowest BCUT2D eigenvalue weighted by Crippen LogP contribution is -2.26. The van der Waals surface area contributed by atoms with Gasteiger partial charge in [-0.1, -0.05) is 31.5 Å². The number of methoxy groups -OCH3 is 2. The fourth-order valence-corrected chi connectivity index (χ4v) is 2.20. The molecule has 0 unspecified atom stereocenters. The van der Waals surface area contributed by atoms with Gasteiger partial charge in [-0.15, -0.1) is 9.79 Å². The van der Waals surface area contributed by atoms with Crippen LogP contribution < -0.4 is 4.74 Å². The van der Waals surface area contributed by atoms with Gasteiger partial charge in [-0.3, -0.25) is 0 Å². The Morgan fingerprint density at radius 1 is 1.25 bits per heavy atom. The van der Waals surface area contributed by atoms with Crippen molar-refractivity contribution in [2.75, 3.05) is 14.2 Å². The molecule has 0 aromatic heterocycles. The van der Waals surface area contributed by atoms with Crippen molar-refractivity contribution < 1.29 is 23.8 Å². The molecular formula is C13H21ClO5P+. The zero-order valence-corrected chi connectivity index (χ0v) is 13.7. The van der Waals surface area contributed by atoms with Crippen molar-refractivity contribution in [2.45, 2.75) is 32.3 Å². The lowest BCUT2D eigenvalue weighted by Gasteiger charge is -2.31. The smallest absolute Gasteiger partial charge is 0.495 e. The van der Waals surface area contributed by atoms with Crippen LogP contribution in [-0.2, 0) is 14.9 Å². The van der Waals surface area contributed by atoms with E-state index in [0.717, 1.165) is 18.4 Å². The van der Waals surface area contributed by atoms with Crippen molar-refractivity contribution in [1.82, 2.24) is 0 Å². The first-order valence-electron chi connectivity index (χ1n) is 6.11. The van der Waals surface area contributed by atoms with Crippen LogP contribution in [0.25, 0.3) is 0 Å². The van der Waals surface area contributed by atoms with Gasteiger partial charge in [-0.25, -0.2) is 0 Å². The Balaban J connectivity index is 0.000000796. The molecule has 0 radical (unpaired) electrons. The standard InChI is InChI=1S/C13H19ClO2.HO3P/c1-5-13(6-2,16-4)10-7-8-11(14)12(9-10)15-3;1-4(2)3/h7-9H,5-6H2,1-4H3;(H-,1,2,3)/p+1. The van der Waals surface area contributed by atoms with Gasteiger partial charge in [0, 0.05) is 11.7 Å². The number of hydrogen-bond donors (Lipinski definition) is 2. The van der Waals surface area contributed by atoms with E-state index in [-0.39, 0.29) is 5.60 Å². The van der Waals surface area contributed by atoms with E-state index in [4.69, 9.17) is 35.4 Å². The number of ether oxygens (including phenoxy) is 2. The van der Waals surface area contributed by atoms with Crippen LogP contribution in [0, 0.1) is 0 Å². The summed E-state index contributed by atoms with van der Waals surface area (Å²) in [5.74, 6) is 0.697. The summed E-state index contributed by atoms with van der Waals surface area (Å²) in [6.45, 7) is 4.24. The van der Waals surface area contributed by atoms with Crippen molar-refractivity contribution in [3.8, 4) is 5.75 Å². The minimum absolute atomic E-state index is 0.238. The Bertz CT molecular complexity index is 423. The molecule has 0 saturated heterocycles. The maximum Gasteiger partial charge on any atom is 0.692 e. The molecule has 0 atom stereocenters. The monoisotopic (exact) mass is 323 g/mol. The zero-order chi connectivity index (χ0) is 15.8. The SMILES string of the molecule is CCC(CC)(OC)c1ccc(Cl)c(OC)c1.O=[P+](O)O. The van der Waals surface area contributed by atoms with Gasteiger partial charge in [0.1, 0.15) is 5.75 Å². The van der Waals surface area contributed by atoms with E-state index >= 15 is 0 Å². The van der Waals surface area contributed by atoms with Gasteiger partial charge in [0.05, 0.1) is 17.7 Å². The van der Waals surface area contributed by atoms with E-state index in [2.05, 4.69) is 13.8 Å². The van der Waals surface area contributed by atoms with Crippen molar-refractivity contribution in [2.24, 2.45) is 0 Å². The molecule has 0 bridgehead atoms. The summed E-state index contributed by atoms with van der Waals surface area (Å²) >= 11 is 6.01. The third-order valence-corrected chi connectivity index (χ3v) is 3.52. The van der Waals surface area contributed by atoms with E-state index in [9.17, 15) is 0 Å². The molecule has 0 heterocycles. The van der Waals surface area contributed by atoms with Gasteiger partial charge < -0.3 is 9.47 Å². The molecule has 7 heteroatoms. The third-order valence-electron chi connectivity index (χ3n) is 3.21. The predicted molar refractivity (Wildman–Crippen MR) is 79.3 cm³/mol. The first-order chi connectivity index (χ1) is 9.36. The summed E-state index contributed by atoms with van der Waals surface area (Å²) in [6.07, 6.45) is 1.84. The molecule has 2 N–H and O–H groups in total. The van der Waals surface area contributed by atoms with E-state index in [1.54, 1.807) is 14.2 Å². The Kier molecular flexibility index (Phi) is 8.94. The number of benzene rings is 1. The van der Waals surface area contributed by atoms with Gasteiger partial charge in [0.25, 0.3) is 0 Å². The second kappa shape index (κ2) is 9.27. The molecule has 1 aromatic rings. The summed E-state index contributed by atoms with van der Waals surface area (Å²) in [5.41, 5.74) is 0.874. The molecule has 0 amide bonds. The molecule has 0 aliphatic rings. The Morgan fingerprint density at radius 2 is 1.75 bits per heavy atom. The Labute approximate surface area is 125 Å². The molecule has 0 aliphatic carbocycles. The van der Waals surface area contributed by atoms with Crippen LogP contribution in [0.5, 0.6) is 5.75 Å². The third kappa shape index (κ3) is 5.35. The van der Waals surface area contributed by atoms with Gasteiger partial charge in [-0.2, -0.15) is 0 Å². The number of hydrogen-bond acceptors (Lipinski definition) is 3. The molecule has 114 valence electrons. The first-order valence-corrected chi connectivity index (χ1v) is 7.65. The molecule has 0 spiro atoms. The quantitative estimate of drug-likeness (QED) is 0.809. The van der Waals surface area contributed by atoms with Crippen molar-refractivity contribution in [3.63, 3.8) is 0 Å². The van der Waals surface area contributed by atoms with Gasteiger partial charge in [0.2, 0.25) is 0 Å². The Morgan fingerprint density at radius 3 is 2.10 bits per heavy atom. The van der Waals surface area contributed by atoms with E-state index in [0.29, 0.717) is 10.8 Å². The highest BCUT2D eigenvalue weighted by Gasteiger charge is 2.28. The highest BCUT2D eigenvalue weighted by molar-refractivity contribution is 7.30. The average Bonchev–Trinajstić information content (AvgIpc) is 2.42. The van der Waals surface area contributed by atoms with Crippen molar-refractivity contribution >= 4 is 19.9 Å². The summed E-state index contributed by atoms with van der Waals surface area (Å²) in [6, 6.07) is 5.81. The second-order valence-corrected chi connectivity index (χ2v) is 4.92. The van der Waals surface area contributed by atoms with Crippen LogP contribution in [0.1, 0.15) is 32.3 Å². The zero-order valence-electron chi connectivity index (χ0n) is 12.1. The minimum Gasteiger partial charge on any atom is -0.495 e. The molecule has 0 saturated carbocycles. The Hall–Kier alpha value is -0.710.